The molecule has 2 aliphatic rings. The van der Waals surface area contributed by atoms with Crippen molar-refractivity contribution in [1.82, 2.24) is 0 Å². The smallest absolute Gasteiger partial charge is 0.124 e. The molecule has 0 aromatic heterocycles. The second kappa shape index (κ2) is 2.99. The van der Waals surface area contributed by atoms with Crippen LogP contribution in [0.5, 0.6) is 0 Å². The molecule has 0 amide bonds. The number of aliphatic hydroxyl groups excluding tert-OH is 1. The maximum Gasteiger partial charge on any atom is 0.124 e. The summed E-state index contributed by atoms with van der Waals surface area (Å²) in [6, 6.07) is 0. The van der Waals surface area contributed by atoms with Crippen molar-refractivity contribution in [2.45, 2.75) is 26.4 Å². The third kappa shape index (κ3) is 1.22. The summed E-state index contributed by atoms with van der Waals surface area (Å²) in [5, 5.41) is 9.83. The fourth-order valence-corrected chi connectivity index (χ4v) is 2.19. The molecule has 0 bridgehead atoms. The quantitative estimate of drug-likeness (QED) is 0.690. The molecule has 0 spiro atoms. The van der Waals surface area contributed by atoms with Gasteiger partial charge in [0.2, 0.25) is 0 Å². The number of methoxy groups -OCH3 is 1. The number of hydrogen-bond acceptors (Lipinski definition) is 2. The van der Waals surface area contributed by atoms with E-state index < -0.39 is 0 Å². The Morgan fingerprint density at radius 2 is 2.21 bits per heavy atom. The molecule has 1 unspecified atom stereocenters. The Balaban J connectivity index is 2.51. The highest BCUT2D eigenvalue weighted by Gasteiger charge is 2.35. The van der Waals surface area contributed by atoms with Gasteiger partial charge in [0.15, 0.2) is 0 Å². The Bertz CT molecular complexity index is 345. The number of rotatable bonds is 1. The number of ether oxygens (including phenoxy) is 1. The van der Waals surface area contributed by atoms with Crippen LogP contribution in [0.1, 0.15) is 20.3 Å². The maximum absolute atomic E-state index is 9.83. The van der Waals surface area contributed by atoms with Gasteiger partial charge in [-0.05, 0) is 18.1 Å². The van der Waals surface area contributed by atoms with Crippen molar-refractivity contribution in [3.8, 4) is 0 Å². The van der Waals surface area contributed by atoms with Crippen molar-refractivity contribution in [2.75, 3.05) is 7.11 Å². The lowest BCUT2D eigenvalue weighted by atomic mass is 9.77. The highest BCUT2D eigenvalue weighted by atomic mass is 16.5. The van der Waals surface area contributed by atoms with Crippen LogP contribution in [0.15, 0.2) is 35.1 Å². The Morgan fingerprint density at radius 1 is 1.50 bits per heavy atom. The third-order valence-corrected chi connectivity index (χ3v) is 3.00. The minimum Gasteiger partial charge on any atom is -0.496 e. The second-order valence-corrected chi connectivity index (χ2v) is 4.41. The normalized spacial score (nSPS) is 28.9. The molecule has 14 heavy (non-hydrogen) atoms. The first kappa shape index (κ1) is 9.53. The summed E-state index contributed by atoms with van der Waals surface area (Å²) in [6.07, 6.45) is 6.52. The van der Waals surface area contributed by atoms with E-state index in [1.807, 2.05) is 6.08 Å². The summed E-state index contributed by atoms with van der Waals surface area (Å²) in [7, 11) is 1.65. The van der Waals surface area contributed by atoms with Crippen molar-refractivity contribution < 1.29 is 9.84 Å². The molecule has 0 aromatic carbocycles. The van der Waals surface area contributed by atoms with E-state index in [-0.39, 0.29) is 11.5 Å². The van der Waals surface area contributed by atoms with Crippen LogP contribution in [0.2, 0.25) is 0 Å². The Morgan fingerprint density at radius 3 is 2.86 bits per heavy atom. The number of allylic oxidation sites excluding steroid dienone is 2. The summed E-state index contributed by atoms with van der Waals surface area (Å²) in [5.41, 5.74) is 2.21. The van der Waals surface area contributed by atoms with Gasteiger partial charge in [0.1, 0.15) is 5.76 Å². The van der Waals surface area contributed by atoms with E-state index in [9.17, 15) is 5.11 Å². The molecular formula is C12H16O2. The Labute approximate surface area is 84.6 Å². The number of fused-ring (bicyclic) bond motifs is 1. The second-order valence-electron chi connectivity index (χ2n) is 4.41. The van der Waals surface area contributed by atoms with Gasteiger partial charge in [0.05, 0.1) is 13.2 Å². The van der Waals surface area contributed by atoms with Gasteiger partial charge in [-0.1, -0.05) is 26.0 Å². The van der Waals surface area contributed by atoms with Gasteiger partial charge in [-0.15, -0.1) is 0 Å². The maximum atomic E-state index is 9.83. The summed E-state index contributed by atoms with van der Waals surface area (Å²) < 4.78 is 5.26. The summed E-state index contributed by atoms with van der Waals surface area (Å²) in [6.45, 7) is 4.31. The van der Waals surface area contributed by atoms with Crippen LogP contribution >= 0.6 is 0 Å². The molecule has 2 aliphatic carbocycles. The molecule has 1 N–H and O–H groups in total. The fourth-order valence-electron chi connectivity index (χ4n) is 2.19. The zero-order valence-corrected chi connectivity index (χ0v) is 8.87. The first-order valence-corrected chi connectivity index (χ1v) is 4.93. The fraction of sp³-hybridized carbons (Fsp3) is 0.500. The van der Waals surface area contributed by atoms with Crippen molar-refractivity contribution in [3.63, 3.8) is 0 Å². The predicted octanol–water partition coefficient (Wildman–Crippen LogP) is 2.17. The average Bonchev–Trinajstić information content (AvgIpc) is 2.50. The zero-order chi connectivity index (χ0) is 10.3. The average molecular weight is 192 g/mol. The molecule has 76 valence electrons. The van der Waals surface area contributed by atoms with Crippen LogP contribution in [0, 0.1) is 5.41 Å². The third-order valence-electron chi connectivity index (χ3n) is 3.00. The van der Waals surface area contributed by atoms with E-state index in [0.717, 1.165) is 11.3 Å². The highest BCUT2D eigenvalue weighted by Crippen LogP contribution is 2.44. The highest BCUT2D eigenvalue weighted by molar-refractivity contribution is 5.52. The standard InChI is InChI=1S/C12H16O2/c1-12(2)7-6-10(14-3)11-8(12)4-5-9(11)13/h4,6-7,9,13H,5H2,1-3H3. The van der Waals surface area contributed by atoms with E-state index in [2.05, 4.69) is 26.0 Å². The van der Waals surface area contributed by atoms with Gasteiger partial charge in [0, 0.05) is 11.0 Å². The van der Waals surface area contributed by atoms with Crippen LogP contribution < -0.4 is 0 Å². The number of aliphatic hydroxyl groups is 1. The number of hydrogen-bond donors (Lipinski definition) is 1. The molecule has 2 heteroatoms. The lowest BCUT2D eigenvalue weighted by Crippen LogP contribution is -2.20. The first-order valence-electron chi connectivity index (χ1n) is 4.93. The molecule has 0 heterocycles. The molecule has 0 fully saturated rings. The Hall–Kier alpha value is -1.02. The topological polar surface area (TPSA) is 29.5 Å². The minimum atomic E-state index is -0.385. The molecule has 2 nitrogen and oxygen atoms in total. The van der Waals surface area contributed by atoms with E-state index in [4.69, 9.17) is 4.74 Å². The molecule has 0 saturated heterocycles. The van der Waals surface area contributed by atoms with Gasteiger partial charge in [-0.25, -0.2) is 0 Å². The summed E-state index contributed by atoms with van der Waals surface area (Å²) >= 11 is 0. The van der Waals surface area contributed by atoms with Gasteiger partial charge < -0.3 is 9.84 Å². The monoisotopic (exact) mass is 192 g/mol. The first-order chi connectivity index (χ1) is 6.56. The van der Waals surface area contributed by atoms with Gasteiger partial charge in [-0.2, -0.15) is 0 Å². The zero-order valence-electron chi connectivity index (χ0n) is 8.87. The van der Waals surface area contributed by atoms with Gasteiger partial charge >= 0.3 is 0 Å². The molecule has 2 rings (SSSR count). The molecule has 1 atom stereocenters. The summed E-state index contributed by atoms with van der Waals surface area (Å²) in [4.78, 5) is 0. The molecular weight excluding hydrogens is 176 g/mol. The lowest BCUT2D eigenvalue weighted by Gasteiger charge is -2.29. The largest absolute Gasteiger partial charge is 0.496 e. The van der Waals surface area contributed by atoms with Crippen molar-refractivity contribution in [3.05, 3.63) is 35.1 Å². The van der Waals surface area contributed by atoms with E-state index in [1.54, 1.807) is 7.11 Å². The van der Waals surface area contributed by atoms with Crippen LogP contribution in [0.25, 0.3) is 0 Å². The Kier molecular flexibility index (Phi) is 2.04. The molecule has 0 saturated carbocycles. The van der Waals surface area contributed by atoms with Crippen LogP contribution in [-0.4, -0.2) is 18.3 Å². The van der Waals surface area contributed by atoms with Gasteiger partial charge in [-0.3, -0.25) is 0 Å². The lowest BCUT2D eigenvalue weighted by molar-refractivity contribution is 0.207. The van der Waals surface area contributed by atoms with Crippen molar-refractivity contribution >= 4 is 0 Å². The molecule has 0 radical (unpaired) electrons. The van der Waals surface area contributed by atoms with Gasteiger partial charge in [0.25, 0.3) is 0 Å². The SMILES string of the molecule is COC1=C2C(=CCC2O)C(C)(C)C=C1. The minimum absolute atomic E-state index is 0.0227. The van der Waals surface area contributed by atoms with E-state index >= 15 is 0 Å². The van der Waals surface area contributed by atoms with E-state index in [1.165, 1.54) is 5.57 Å². The van der Waals surface area contributed by atoms with Crippen LogP contribution in [-0.2, 0) is 4.74 Å². The molecule has 0 aliphatic heterocycles. The van der Waals surface area contributed by atoms with E-state index in [0.29, 0.717) is 6.42 Å². The predicted molar refractivity (Wildman–Crippen MR) is 55.7 cm³/mol. The molecule has 0 aromatic rings. The van der Waals surface area contributed by atoms with Crippen molar-refractivity contribution in [2.24, 2.45) is 5.41 Å². The van der Waals surface area contributed by atoms with Crippen LogP contribution in [0.3, 0.4) is 0 Å². The summed E-state index contributed by atoms with van der Waals surface area (Å²) in [5.74, 6) is 0.806. The van der Waals surface area contributed by atoms with Crippen molar-refractivity contribution in [1.29, 1.82) is 0 Å². The van der Waals surface area contributed by atoms with Crippen LogP contribution in [0.4, 0.5) is 0 Å².